The first-order valence-corrected chi connectivity index (χ1v) is 9.14. The van der Waals surface area contributed by atoms with E-state index in [2.05, 4.69) is 15.4 Å². The van der Waals surface area contributed by atoms with Crippen LogP contribution in [0.1, 0.15) is 43.0 Å². The van der Waals surface area contributed by atoms with Gasteiger partial charge in [-0.1, -0.05) is 11.6 Å². The van der Waals surface area contributed by atoms with Crippen LogP contribution in [0.25, 0.3) is 0 Å². The molecular weight excluding hydrogens is 340 g/mol. The number of rotatable bonds is 3. The molecule has 0 unspecified atom stereocenters. The lowest BCUT2D eigenvalue weighted by molar-refractivity contribution is 0.107. The molecule has 2 aliphatic rings. The molecule has 4 rings (SSSR count). The molecule has 25 heavy (non-hydrogen) atoms. The third kappa shape index (κ3) is 3.55. The lowest BCUT2D eigenvalue weighted by atomic mass is 9.91. The van der Waals surface area contributed by atoms with E-state index in [-0.39, 0.29) is 11.6 Å². The van der Waals surface area contributed by atoms with Crippen LogP contribution in [0.2, 0.25) is 5.02 Å². The van der Waals surface area contributed by atoms with E-state index in [1.807, 2.05) is 6.07 Å². The summed E-state index contributed by atoms with van der Waals surface area (Å²) in [5, 5.41) is 8.76. The molecule has 6 nitrogen and oxygen atoms in total. The van der Waals surface area contributed by atoms with Crippen LogP contribution in [0.4, 0.5) is 5.69 Å². The minimum absolute atomic E-state index is 0.0159. The van der Waals surface area contributed by atoms with Crippen molar-refractivity contribution in [3.63, 3.8) is 0 Å². The molecule has 2 aromatic rings. The van der Waals surface area contributed by atoms with Crippen molar-refractivity contribution in [1.82, 2.24) is 14.8 Å². The molecule has 0 radical (unpaired) electrons. The minimum atomic E-state index is -0.0159. The van der Waals surface area contributed by atoms with Crippen LogP contribution in [-0.2, 0) is 17.8 Å². The first-order valence-electron chi connectivity index (χ1n) is 8.76. The second-order valence-corrected chi connectivity index (χ2v) is 7.11. The zero-order valence-corrected chi connectivity index (χ0v) is 14.7. The maximum absolute atomic E-state index is 12.4. The molecule has 0 aromatic carbocycles. The largest absolute Gasteiger partial charge is 0.381 e. The van der Waals surface area contributed by atoms with Crippen molar-refractivity contribution in [3.05, 3.63) is 51.2 Å². The molecule has 3 heterocycles. The Morgan fingerprint density at radius 3 is 2.92 bits per heavy atom. The van der Waals surface area contributed by atoms with Gasteiger partial charge in [0.1, 0.15) is 0 Å². The molecule has 1 saturated carbocycles. The van der Waals surface area contributed by atoms with E-state index in [1.165, 1.54) is 0 Å². The third-order valence-electron chi connectivity index (χ3n) is 5.04. The Balaban J connectivity index is 1.44. The molecule has 7 heteroatoms. The summed E-state index contributed by atoms with van der Waals surface area (Å²) in [6, 6.07) is 4.12. The van der Waals surface area contributed by atoms with Crippen LogP contribution < -0.4 is 10.9 Å². The smallest absolute Gasteiger partial charge is 0.267 e. The normalized spacial score (nSPS) is 23.1. The van der Waals surface area contributed by atoms with Crippen molar-refractivity contribution < 1.29 is 4.74 Å². The monoisotopic (exact) mass is 360 g/mol. The number of nitrogens with zero attached hydrogens (tertiary/aromatic N) is 3. The van der Waals surface area contributed by atoms with Gasteiger partial charge >= 0.3 is 0 Å². The van der Waals surface area contributed by atoms with Crippen LogP contribution in [0, 0.1) is 0 Å². The summed E-state index contributed by atoms with van der Waals surface area (Å²) < 4.78 is 7.10. The molecule has 0 amide bonds. The number of halogens is 1. The summed E-state index contributed by atoms with van der Waals surface area (Å²) in [5.41, 5.74) is 2.85. The lowest BCUT2D eigenvalue weighted by Gasteiger charge is -2.31. The molecule has 1 N–H and O–H groups in total. The van der Waals surface area contributed by atoms with Crippen molar-refractivity contribution in [3.8, 4) is 0 Å². The van der Waals surface area contributed by atoms with Gasteiger partial charge < -0.3 is 10.1 Å². The Bertz CT molecular complexity index is 815. The van der Waals surface area contributed by atoms with Gasteiger partial charge in [0.2, 0.25) is 0 Å². The highest BCUT2D eigenvalue weighted by Gasteiger charge is 2.25. The van der Waals surface area contributed by atoms with Crippen LogP contribution in [0.5, 0.6) is 0 Å². The minimum Gasteiger partial charge on any atom is -0.381 e. The summed E-state index contributed by atoms with van der Waals surface area (Å²) >= 11 is 6.17. The summed E-state index contributed by atoms with van der Waals surface area (Å²) in [5.74, 6) is 0. The van der Waals surface area contributed by atoms with Crippen LogP contribution in [0.15, 0.2) is 29.3 Å². The van der Waals surface area contributed by atoms with Gasteiger partial charge in [0, 0.05) is 36.5 Å². The average Bonchev–Trinajstić information content (AvgIpc) is 2.64. The number of anilines is 1. The van der Waals surface area contributed by atoms with E-state index in [4.69, 9.17) is 16.3 Å². The van der Waals surface area contributed by atoms with Crippen molar-refractivity contribution in [1.29, 1.82) is 0 Å². The van der Waals surface area contributed by atoms with Gasteiger partial charge in [0.15, 0.2) is 0 Å². The first-order chi connectivity index (χ1) is 12.2. The number of aromatic nitrogens is 3. The molecular formula is C18H21ClN4O2. The molecule has 1 aliphatic heterocycles. The molecule has 1 fully saturated rings. The Morgan fingerprint density at radius 2 is 2.12 bits per heavy atom. The maximum Gasteiger partial charge on any atom is 0.267 e. The standard InChI is InChI=1S/C18H21ClN4O2/c19-15-10-20-7-5-17(15)21-13-1-3-14(4-2-13)23-18(24)9-12-11-25-8-6-16(12)22-23/h5,7,9-10,13-14H,1-4,6,8,11H2,(H,20,21). The predicted molar refractivity (Wildman–Crippen MR) is 96.0 cm³/mol. The Kier molecular flexibility index (Phi) is 4.72. The van der Waals surface area contributed by atoms with Crippen LogP contribution in [0.3, 0.4) is 0 Å². The zero-order valence-electron chi connectivity index (χ0n) is 13.9. The number of ether oxygens (including phenoxy) is 1. The fraction of sp³-hybridized carbons (Fsp3) is 0.500. The molecule has 0 bridgehead atoms. The SMILES string of the molecule is O=c1cc2c(nn1C1CCC(Nc3ccncc3Cl)CC1)CCOC2. The first kappa shape index (κ1) is 16.5. The molecule has 0 saturated heterocycles. The Labute approximate surface area is 151 Å². The van der Waals surface area contributed by atoms with E-state index in [0.717, 1.165) is 49.0 Å². The summed E-state index contributed by atoms with van der Waals surface area (Å²) in [7, 11) is 0. The van der Waals surface area contributed by atoms with E-state index in [0.29, 0.717) is 24.3 Å². The molecule has 132 valence electrons. The highest BCUT2D eigenvalue weighted by molar-refractivity contribution is 6.33. The fourth-order valence-corrected chi connectivity index (χ4v) is 3.84. The van der Waals surface area contributed by atoms with Gasteiger partial charge in [-0.2, -0.15) is 5.10 Å². The molecule has 0 atom stereocenters. The number of nitrogens with one attached hydrogen (secondary N) is 1. The van der Waals surface area contributed by atoms with Crippen molar-refractivity contribution in [2.75, 3.05) is 11.9 Å². The zero-order chi connectivity index (χ0) is 17.2. The van der Waals surface area contributed by atoms with Gasteiger partial charge in [0.05, 0.1) is 35.7 Å². The Hall–Kier alpha value is -1.92. The second kappa shape index (κ2) is 7.14. The van der Waals surface area contributed by atoms with E-state index in [9.17, 15) is 4.79 Å². The van der Waals surface area contributed by atoms with Gasteiger partial charge in [-0.05, 0) is 31.7 Å². The van der Waals surface area contributed by atoms with Gasteiger partial charge in [-0.15, -0.1) is 0 Å². The Morgan fingerprint density at radius 1 is 1.28 bits per heavy atom. The molecule has 0 spiro atoms. The summed E-state index contributed by atoms with van der Waals surface area (Å²) in [6.07, 6.45) is 8.00. The average molecular weight is 361 g/mol. The number of pyridine rings is 1. The van der Waals surface area contributed by atoms with Gasteiger partial charge in [-0.3, -0.25) is 9.78 Å². The summed E-state index contributed by atoms with van der Waals surface area (Å²) in [6.45, 7) is 1.18. The highest BCUT2D eigenvalue weighted by Crippen LogP contribution is 2.30. The van der Waals surface area contributed by atoms with Crippen molar-refractivity contribution >= 4 is 17.3 Å². The number of hydrogen-bond donors (Lipinski definition) is 1. The van der Waals surface area contributed by atoms with E-state index < -0.39 is 0 Å². The van der Waals surface area contributed by atoms with Crippen LogP contribution in [-0.4, -0.2) is 27.4 Å². The second-order valence-electron chi connectivity index (χ2n) is 6.71. The third-order valence-corrected chi connectivity index (χ3v) is 5.34. The lowest BCUT2D eigenvalue weighted by Crippen LogP contribution is -2.35. The van der Waals surface area contributed by atoms with Gasteiger partial charge in [0.25, 0.3) is 5.56 Å². The maximum atomic E-state index is 12.4. The highest BCUT2D eigenvalue weighted by atomic mass is 35.5. The van der Waals surface area contributed by atoms with E-state index >= 15 is 0 Å². The number of fused-ring (bicyclic) bond motifs is 1. The molecule has 1 aliphatic carbocycles. The van der Waals surface area contributed by atoms with E-state index in [1.54, 1.807) is 23.1 Å². The van der Waals surface area contributed by atoms with Crippen molar-refractivity contribution in [2.24, 2.45) is 0 Å². The molecule has 2 aromatic heterocycles. The van der Waals surface area contributed by atoms with Crippen LogP contribution >= 0.6 is 11.6 Å². The van der Waals surface area contributed by atoms with Gasteiger partial charge in [-0.25, -0.2) is 4.68 Å². The topological polar surface area (TPSA) is 69.0 Å². The quantitative estimate of drug-likeness (QED) is 0.911. The summed E-state index contributed by atoms with van der Waals surface area (Å²) in [4.78, 5) is 16.4. The number of hydrogen-bond acceptors (Lipinski definition) is 5. The predicted octanol–water partition coefficient (Wildman–Crippen LogP) is 2.96. The van der Waals surface area contributed by atoms with Crippen molar-refractivity contribution in [2.45, 2.75) is 50.8 Å². The fourth-order valence-electron chi connectivity index (χ4n) is 3.67.